The van der Waals surface area contributed by atoms with Gasteiger partial charge in [0.2, 0.25) is 10.0 Å². The molecule has 160 valence electrons. The van der Waals surface area contributed by atoms with Gasteiger partial charge in [-0.3, -0.25) is 13.9 Å². The van der Waals surface area contributed by atoms with E-state index in [0.717, 1.165) is 12.7 Å². The second-order valence-electron chi connectivity index (χ2n) is 6.99. The number of anilines is 2. The van der Waals surface area contributed by atoms with E-state index >= 15 is 0 Å². The number of carbonyl (C=O) groups is 2. The molecule has 0 fully saturated rings. The molecule has 9 heteroatoms. The first kappa shape index (κ1) is 21.6. The van der Waals surface area contributed by atoms with Crippen molar-refractivity contribution < 1.29 is 22.7 Å². The van der Waals surface area contributed by atoms with E-state index < -0.39 is 22.0 Å². The van der Waals surface area contributed by atoms with Crippen LogP contribution in [0.25, 0.3) is 0 Å². The average molecular weight is 432 g/mol. The topological polar surface area (TPSA) is 105 Å². The molecular weight excluding hydrogens is 406 g/mol. The summed E-state index contributed by atoms with van der Waals surface area (Å²) < 4.78 is 31.5. The second-order valence-corrected chi connectivity index (χ2v) is 8.90. The largest absolute Gasteiger partial charge is 0.478 e. The predicted octanol–water partition coefficient (Wildman–Crippen LogP) is 2.38. The number of para-hydroxylation sites is 3. The Morgan fingerprint density at radius 3 is 2.57 bits per heavy atom. The highest BCUT2D eigenvalue weighted by atomic mass is 32.2. The number of hydrogen-bond acceptors (Lipinski definition) is 5. The van der Waals surface area contributed by atoms with Crippen LogP contribution in [-0.4, -0.2) is 45.7 Å². The van der Waals surface area contributed by atoms with Crippen molar-refractivity contribution in [3.05, 3.63) is 54.1 Å². The lowest BCUT2D eigenvalue weighted by atomic mass is 10.1. The van der Waals surface area contributed by atoms with Gasteiger partial charge in [-0.25, -0.2) is 8.42 Å². The van der Waals surface area contributed by atoms with Gasteiger partial charge in [-0.2, -0.15) is 0 Å². The SMILES string of the molecule is CCCNC(=O)c1ccccc1NC(=O)C1CCN(S(C)(=O)=O)c2ccccc2O1. The van der Waals surface area contributed by atoms with Gasteiger partial charge in [0.05, 0.1) is 23.2 Å². The number of ether oxygens (including phenoxy) is 1. The zero-order chi connectivity index (χ0) is 21.7. The molecule has 2 N–H and O–H groups in total. The van der Waals surface area contributed by atoms with Gasteiger partial charge in [0, 0.05) is 19.5 Å². The normalized spacial score (nSPS) is 16.1. The van der Waals surface area contributed by atoms with Crippen molar-refractivity contribution in [3.8, 4) is 5.75 Å². The van der Waals surface area contributed by atoms with Gasteiger partial charge in [-0.05, 0) is 30.7 Å². The molecule has 1 unspecified atom stereocenters. The number of nitrogens with one attached hydrogen (secondary N) is 2. The number of rotatable bonds is 6. The summed E-state index contributed by atoms with van der Waals surface area (Å²) in [7, 11) is -3.53. The van der Waals surface area contributed by atoms with Crippen LogP contribution in [0.4, 0.5) is 11.4 Å². The monoisotopic (exact) mass is 431 g/mol. The Morgan fingerprint density at radius 1 is 1.13 bits per heavy atom. The van der Waals surface area contributed by atoms with E-state index in [0.29, 0.717) is 29.2 Å². The van der Waals surface area contributed by atoms with E-state index in [1.807, 2.05) is 6.92 Å². The molecule has 2 aromatic carbocycles. The van der Waals surface area contributed by atoms with Gasteiger partial charge in [0.1, 0.15) is 5.75 Å². The third kappa shape index (κ3) is 4.91. The van der Waals surface area contributed by atoms with Gasteiger partial charge in [0.25, 0.3) is 11.8 Å². The molecule has 0 aromatic heterocycles. The van der Waals surface area contributed by atoms with Crippen LogP contribution in [0.5, 0.6) is 5.75 Å². The zero-order valence-corrected chi connectivity index (χ0v) is 17.7. The van der Waals surface area contributed by atoms with Crippen molar-refractivity contribution in [2.24, 2.45) is 0 Å². The van der Waals surface area contributed by atoms with E-state index in [-0.39, 0.29) is 18.9 Å². The average Bonchev–Trinajstić information content (AvgIpc) is 2.92. The van der Waals surface area contributed by atoms with Crippen LogP contribution in [0, 0.1) is 0 Å². The number of hydrogen-bond donors (Lipinski definition) is 2. The van der Waals surface area contributed by atoms with E-state index in [1.54, 1.807) is 48.5 Å². The molecule has 8 nitrogen and oxygen atoms in total. The summed E-state index contributed by atoms with van der Waals surface area (Å²) in [6, 6.07) is 13.4. The second kappa shape index (κ2) is 9.17. The number of fused-ring (bicyclic) bond motifs is 1. The van der Waals surface area contributed by atoms with Gasteiger partial charge in [-0.1, -0.05) is 31.2 Å². The minimum Gasteiger partial charge on any atom is -0.478 e. The third-order valence-corrected chi connectivity index (χ3v) is 5.84. The van der Waals surface area contributed by atoms with Crippen molar-refractivity contribution in [2.45, 2.75) is 25.9 Å². The number of amides is 2. The van der Waals surface area contributed by atoms with Crippen LogP contribution in [0.2, 0.25) is 0 Å². The van der Waals surface area contributed by atoms with Crippen molar-refractivity contribution in [3.63, 3.8) is 0 Å². The van der Waals surface area contributed by atoms with Crippen molar-refractivity contribution in [2.75, 3.05) is 29.0 Å². The molecule has 2 aromatic rings. The van der Waals surface area contributed by atoms with E-state index in [2.05, 4.69) is 10.6 Å². The van der Waals surface area contributed by atoms with Crippen LogP contribution in [0.15, 0.2) is 48.5 Å². The molecule has 2 amide bonds. The Morgan fingerprint density at radius 2 is 1.83 bits per heavy atom. The Bertz CT molecular complexity index is 1040. The molecule has 0 spiro atoms. The Kier molecular flexibility index (Phi) is 6.61. The van der Waals surface area contributed by atoms with Gasteiger partial charge < -0.3 is 15.4 Å². The first-order valence-electron chi connectivity index (χ1n) is 9.72. The van der Waals surface area contributed by atoms with E-state index in [4.69, 9.17) is 4.74 Å². The van der Waals surface area contributed by atoms with Crippen molar-refractivity contribution >= 4 is 33.2 Å². The minimum absolute atomic E-state index is 0.104. The highest BCUT2D eigenvalue weighted by Gasteiger charge is 2.31. The minimum atomic E-state index is -3.53. The highest BCUT2D eigenvalue weighted by Crippen LogP contribution is 2.34. The molecular formula is C21H25N3O5S. The van der Waals surface area contributed by atoms with Crippen LogP contribution in [-0.2, 0) is 14.8 Å². The molecule has 0 saturated heterocycles. The fourth-order valence-electron chi connectivity index (χ4n) is 3.20. The maximum Gasteiger partial charge on any atom is 0.265 e. The fraction of sp³-hybridized carbons (Fsp3) is 0.333. The van der Waals surface area contributed by atoms with Crippen LogP contribution in [0.1, 0.15) is 30.1 Å². The first-order chi connectivity index (χ1) is 14.3. The Balaban J connectivity index is 1.82. The van der Waals surface area contributed by atoms with Crippen LogP contribution in [0.3, 0.4) is 0 Å². The molecule has 30 heavy (non-hydrogen) atoms. The smallest absolute Gasteiger partial charge is 0.265 e. The quantitative estimate of drug-likeness (QED) is 0.731. The molecule has 1 aliphatic heterocycles. The van der Waals surface area contributed by atoms with E-state index in [9.17, 15) is 18.0 Å². The zero-order valence-electron chi connectivity index (χ0n) is 16.9. The third-order valence-electron chi connectivity index (χ3n) is 4.66. The van der Waals surface area contributed by atoms with Crippen molar-refractivity contribution in [1.82, 2.24) is 5.32 Å². The Hall–Kier alpha value is -3.07. The number of nitrogens with zero attached hydrogens (tertiary/aromatic N) is 1. The summed E-state index contributed by atoms with van der Waals surface area (Å²) in [5.74, 6) is -0.409. The van der Waals surface area contributed by atoms with Crippen molar-refractivity contribution in [1.29, 1.82) is 0 Å². The molecule has 1 aliphatic rings. The standard InChI is InChI=1S/C21H25N3O5S/c1-3-13-22-20(25)15-8-4-5-9-16(15)23-21(26)19-12-14-24(30(2,27)28)17-10-6-7-11-18(17)29-19/h4-11,19H,3,12-14H2,1-2H3,(H,22,25)(H,23,26). The van der Waals surface area contributed by atoms with Gasteiger partial charge in [-0.15, -0.1) is 0 Å². The number of benzene rings is 2. The van der Waals surface area contributed by atoms with E-state index in [1.165, 1.54) is 4.31 Å². The summed E-state index contributed by atoms with van der Waals surface area (Å²) in [6.45, 7) is 2.59. The lowest BCUT2D eigenvalue weighted by Crippen LogP contribution is -2.36. The number of sulfonamides is 1. The maximum absolute atomic E-state index is 12.9. The molecule has 0 aliphatic carbocycles. The predicted molar refractivity (Wildman–Crippen MR) is 115 cm³/mol. The summed E-state index contributed by atoms with van der Waals surface area (Å²) in [5, 5.41) is 5.55. The van der Waals surface area contributed by atoms with Gasteiger partial charge in [0.15, 0.2) is 6.10 Å². The highest BCUT2D eigenvalue weighted by molar-refractivity contribution is 7.92. The molecule has 0 radical (unpaired) electrons. The molecule has 0 saturated carbocycles. The summed E-state index contributed by atoms with van der Waals surface area (Å²) >= 11 is 0. The van der Waals surface area contributed by atoms with Gasteiger partial charge >= 0.3 is 0 Å². The molecule has 1 heterocycles. The molecule has 0 bridgehead atoms. The Labute approximate surface area is 176 Å². The molecule has 1 atom stereocenters. The lowest BCUT2D eigenvalue weighted by molar-refractivity contribution is -0.122. The number of carbonyl (C=O) groups excluding carboxylic acids is 2. The maximum atomic E-state index is 12.9. The summed E-state index contributed by atoms with van der Waals surface area (Å²) in [4.78, 5) is 25.3. The fourth-order valence-corrected chi connectivity index (χ4v) is 4.14. The first-order valence-corrected chi connectivity index (χ1v) is 11.6. The summed E-state index contributed by atoms with van der Waals surface area (Å²) in [6.07, 6.45) is 1.17. The summed E-state index contributed by atoms with van der Waals surface area (Å²) in [5.41, 5.74) is 1.12. The van der Waals surface area contributed by atoms with Crippen LogP contribution >= 0.6 is 0 Å². The lowest BCUT2D eigenvalue weighted by Gasteiger charge is -2.20. The van der Waals surface area contributed by atoms with Crippen LogP contribution < -0.4 is 19.7 Å². The molecule has 3 rings (SSSR count).